The Morgan fingerprint density at radius 1 is 0.935 bits per heavy atom. The molecular formula is C25H28N2O3S. The molecule has 0 aliphatic rings. The Labute approximate surface area is 184 Å². The maximum absolute atomic E-state index is 13.3. The van der Waals surface area contributed by atoms with Crippen LogP contribution in [0.3, 0.4) is 0 Å². The summed E-state index contributed by atoms with van der Waals surface area (Å²) in [6.07, 6.45) is 3.25. The largest absolute Gasteiger partial charge is 0.325 e. The van der Waals surface area contributed by atoms with Crippen LogP contribution in [0.4, 0.5) is 11.4 Å². The van der Waals surface area contributed by atoms with E-state index in [1.54, 1.807) is 36.4 Å². The van der Waals surface area contributed by atoms with Gasteiger partial charge in [-0.25, -0.2) is 8.42 Å². The number of hydrogen-bond donors (Lipinski definition) is 1. The summed E-state index contributed by atoms with van der Waals surface area (Å²) in [6, 6.07) is 23.0. The highest BCUT2D eigenvalue weighted by molar-refractivity contribution is 7.92. The summed E-state index contributed by atoms with van der Waals surface area (Å²) in [7, 11) is -3.90. The van der Waals surface area contributed by atoms with Gasteiger partial charge in [-0.3, -0.25) is 9.10 Å². The van der Waals surface area contributed by atoms with Crippen molar-refractivity contribution in [2.75, 3.05) is 16.2 Å². The lowest BCUT2D eigenvalue weighted by molar-refractivity contribution is -0.114. The minimum atomic E-state index is -3.90. The van der Waals surface area contributed by atoms with Gasteiger partial charge in [-0.2, -0.15) is 0 Å². The fourth-order valence-electron chi connectivity index (χ4n) is 3.28. The van der Waals surface area contributed by atoms with Gasteiger partial charge in [-0.15, -0.1) is 0 Å². The second kappa shape index (κ2) is 10.3. The van der Waals surface area contributed by atoms with E-state index in [0.717, 1.165) is 29.1 Å². The number of carbonyl (C=O) groups is 1. The molecule has 0 fully saturated rings. The number of nitrogens with zero attached hydrogens (tertiary/aromatic N) is 1. The number of anilines is 2. The van der Waals surface area contributed by atoms with E-state index in [4.69, 9.17) is 0 Å². The SMILES string of the molecule is CCCCc1ccc(NC(=O)CN(c2cccc(C)c2)S(=O)(=O)c2ccccc2)cc1. The van der Waals surface area contributed by atoms with Gasteiger partial charge in [-0.05, 0) is 67.3 Å². The van der Waals surface area contributed by atoms with Crippen LogP contribution in [0.1, 0.15) is 30.9 Å². The minimum absolute atomic E-state index is 0.143. The molecule has 31 heavy (non-hydrogen) atoms. The average molecular weight is 437 g/mol. The van der Waals surface area contributed by atoms with Gasteiger partial charge in [0.15, 0.2) is 0 Å². The second-order valence-corrected chi connectivity index (χ2v) is 9.37. The van der Waals surface area contributed by atoms with Crippen LogP contribution in [0.25, 0.3) is 0 Å². The Balaban J connectivity index is 1.82. The lowest BCUT2D eigenvalue weighted by atomic mass is 10.1. The fraction of sp³-hybridized carbons (Fsp3) is 0.240. The Kier molecular flexibility index (Phi) is 7.47. The van der Waals surface area contributed by atoms with Gasteiger partial charge in [0.25, 0.3) is 10.0 Å². The average Bonchev–Trinajstić information content (AvgIpc) is 2.77. The number of sulfonamides is 1. The maximum atomic E-state index is 13.3. The molecule has 0 radical (unpaired) electrons. The smallest absolute Gasteiger partial charge is 0.264 e. The predicted molar refractivity (Wildman–Crippen MR) is 126 cm³/mol. The third kappa shape index (κ3) is 5.95. The number of hydrogen-bond acceptors (Lipinski definition) is 3. The van der Waals surface area contributed by atoms with Crippen LogP contribution in [-0.2, 0) is 21.2 Å². The molecule has 0 heterocycles. The summed E-state index contributed by atoms with van der Waals surface area (Å²) < 4.78 is 27.8. The molecule has 0 unspecified atom stereocenters. The first-order valence-corrected chi connectivity index (χ1v) is 11.9. The molecule has 5 nitrogen and oxygen atoms in total. The van der Waals surface area contributed by atoms with Crippen LogP contribution in [0.15, 0.2) is 83.8 Å². The zero-order chi connectivity index (χ0) is 22.3. The van der Waals surface area contributed by atoms with Crippen molar-refractivity contribution in [1.82, 2.24) is 0 Å². The number of carbonyl (C=O) groups excluding carboxylic acids is 1. The van der Waals surface area contributed by atoms with Crippen molar-refractivity contribution in [3.05, 3.63) is 90.0 Å². The zero-order valence-electron chi connectivity index (χ0n) is 17.9. The van der Waals surface area contributed by atoms with Gasteiger partial charge in [0.2, 0.25) is 5.91 Å². The lowest BCUT2D eigenvalue weighted by Crippen LogP contribution is -2.38. The molecule has 3 rings (SSSR count). The topological polar surface area (TPSA) is 66.5 Å². The molecule has 1 amide bonds. The number of amides is 1. The van der Waals surface area contributed by atoms with Crippen LogP contribution in [0.2, 0.25) is 0 Å². The second-order valence-electron chi connectivity index (χ2n) is 7.51. The van der Waals surface area contributed by atoms with Crippen molar-refractivity contribution in [3.63, 3.8) is 0 Å². The maximum Gasteiger partial charge on any atom is 0.264 e. The highest BCUT2D eigenvalue weighted by Gasteiger charge is 2.27. The highest BCUT2D eigenvalue weighted by atomic mass is 32.2. The first kappa shape index (κ1) is 22.6. The lowest BCUT2D eigenvalue weighted by Gasteiger charge is -2.24. The van der Waals surface area contributed by atoms with E-state index < -0.39 is 15.9 Å². The molecule has 0 aliphatic heterocycles. The van der Waals surface area contributed by atoms with Gasteiger partial charge in [-0.1, -0.05) is 55.8 Å². The first-order valence-electron chi connectivity index (χ1n) is 10.4. The van der Waals surface area contributed by atoms with Gasteiger partial charge in [0, 0.05) is 5.69 Å². The normalized spacial score (nSPS) is 11.2. The number of unbranched alkanes of at least 4 members (excludes halogenated alkanes) is 1. The van der Waals surface area contributed by atoms with Crippen molar-refractivity contribution in [2.24, 2.45) is 0 Å². The van der Waals surface area contributed by atoms with Crippen LogP contribution in [0.5, 0.6) is 0 Å². The summed E-state index contributed by atoms with van der Waals surface area (Å²) in [5.74, 6) is -0.401. The van der Waals surface area contributed by atoms with E-state index in [0.29, 0.717) is 11.4 Å². The number of benzene rings is 3. The molecule has 0 saturated carbocycles. The Bertz CT molecular complexity index is 1110. The van der Waals surface area contributed by atoms with Crippen LogP contribution in [0, 0.1) is 6.92 Å². The molecule has 0 aromatic heterocycles. The van der Waals surface area contributed by atoms with Crippen molar-refractivity contribution in [1.29, 1.82) is 0 Å². The molecule has 0 saturated heterocycles. The van der Waals surface area contributed by atoms with Crippen molar-refractivity contribution >= 4 is 27.3 Å². The van der Waals surface area contributed by atoms with Crippen molar-refractivity contribution < 1.29 is 13.2 Å². The molecule has 0 spiro atoms. The third-order valence-corrected chi connectivity index (χ3v) is 6.75. The Morgan fingerprint density at radius 3 is 2.29 bits per heavy atom. The highest BCUT2D eigenvalue weighted by Crippen LogP contribution is 2.24. The number of rotatable bonds is 9. The van der Waals surface area contributed by atoms with Crippen LogP contribution in [-0.4, -0.2) is 20.9 Å². The molecule has 1 N–H and O–H groups in total. The summed E-state index contributed by atoms with van der Waals surface area (Å²) in [6.45, 7) is 3.72. The molecule has 162 valence electrons. The quantitative estimate of drug-likeness (QED) is 0.503. The monoisotopic (exact) mass is 436 g/mol. The number of aryl methyl sites for hydroxylation is 2. The van der Waals surface area contributed by atoms with E-state index >= 15 is 0 Å². The molecule has 3 aromatic rings. The van der Waals surface area contributed by atoms with Crippen LogP contribution < -0.4 is 9.62 Å². The molecule has 0 aliphatic carbocycles. The summed E-state index contributed by atoms with van der Waals surface area (Å²) in [5.41, 5.74) is 3.22. The molecule has 0 bridgehead atoms. The third-order valence-electron chi connectivity index (χ3n) is 4.96. The van der Waals surface area contributed by atoms with Gasteiger partial charge in [0.05, 0.1) is 10.6 Å². The van der Waals surface area contributed by atoms with Crippen LogP contribution >= 0.6 is 0 Å². The first-order chi connectivity index (χ1) is 14.9. The minimum Gasteiger partial charge on any atom is -0.325 e. The Morgan fingerprint density at radius 2 is 1.65 bits per heavy atom. The van der Waals surface area contributed by atoms with E-state index in [1.807, 2.05) is 37.3 Å². The molecule has 3 aromatic carbocycles. The van der Waals surface area contributed by atoms with Crippen molar-refractivity contribution in [2.45, 2.75) is 38.0 Å². The summed E-state index contributed by atoms with van der Waals surface area (Å²) in [5, 5.41) is 2.82. The molecule has 6 heteroatoms. The Hall–Kier alpha value is -3.12. The standard InChI is InChI=1S/C25H28N2O3S/c1-3-4-10-21-14-16-22(17-15-21)26-25(28)19-27(23-11-8-9-20(2)18-23)31(29,30)24-12-6-5-7-13-24/h5-9,11-18H,3-4,10,19H2,1-2H3,(H,26,28). The van der Waals surface area contributed by atoms with Crippen molar-refractivity contribution in [3.8, 4) is 0 Å². The number of nitrogens with one attached hydrogen (secondary N) is 1. The van der Waals surface area contributed by atoms with E-state index in [-0.39, 0.29) is 11.4 Å². The molecule has 0 atom stereocenters. The summed E-state index contributed by atoms with van der Waals surface area (Å²) in [4.78, 5) is 12.9. The van der Waals surface area contributed by atoms with Gasteiger partial charge < -0.3 is 5.32 Å². The zero-order valence-corrected chi connectivity index (χ0v) is 18.7. The van der Waals surface area contributed by atoms with E-state index in [1.165, 1.54) is 17.7 Å². The van der Waals surface area contributed by atoms with E-state index in [9.17, 15) is 13.2 Å². The van der Waals surface area contributed by atoms with E-state index in [2.05, 4.69) is 12.2 Å². The van der Waals surface area contributed by atoms with Gasteiger partial charge in [0.1, 0.15) is 6.54 Å². The predicted octanol–water partition coefficient (Wildman–Crippen LogP) is 5.17. The molecular weight excluding hydrogens is 408 g/mol. The summed E-state index contributed by atoms with van der Waals surface area (Å²) >= 11 is 0. The fourth-order valence-corrected chi connectivity index (χ4v) is 4.72. The van der Waals surface area contributed by atoms with Gasteiger partial charge >= 0.3 is 0 Å².